The van der Waals surface area contributed by atoms with Crippen LogP contribution in [-0.2, 0) is 7.05 Å². The van der Waals surface area contributed by atoms with Gasteiger partial charge in [-0.3, -0.25) is 9.48 Å². The van der Waals surface area contributed by atoms with E-state index in [1.807, 2.05) is 68.7 Å². The van der Waals surface area contributed by atoms with Crippen molar-refractivity contribution in [1.82, 2.24) is 35.0 Å². The number of carbonyl (C=O) groups is 1. The van der Waals surface area contributed by atoms with Crippen LogP contribution in [-0.4, -0.2) is 42.1 Å². The fraction of sp³-hybridized carbons (Fsp3) is 0.138. The van der Waals surface area contributed by atoms with Gasteiger partial charge in [-0.1, -0.05) is 48.2 Å². The minimum Gasteiger partial charge on any atom is -0.382 e. The lowest BCUT2D eigenvalue weighted by atomic mass is 9.92. The van der Waals surface area contributed by atoms with Crippen molar-refractivity contribution in [3.8, 4) is 23.0 Å². The van der Waals surface area contributed by atoms with Crippen molar-refractivity contribution in [2.45, 2.75) is 13.0 Å². The molecule has 0 spiro atoms. The van der Waals surface area contributed by atoms with Gasteiger partial charge in [0.05, 0.1) is 35.1 Å². The molecule has 6 rings (SSSR count). The third-order valence-electron chi connectivity index (χ3n) is 6.54. The first-order valence-electron chi connectivity index (χ1n) is 12.4. The number of benzene rings is 2. The number of anilines is 1. The summed E-state index contributed by atoms with van der Waals surface area (Å²) in [6, 6.07) is 13.7. The number of carbonyl (C=O) groups excluding carboxylic acids is 1. The largest absolute Gasteiger partial charge is 0.382 e. The molecule has 5 aromatic rings. The van der Waals surface area contributed by atoms with E-state index in [-0.39, 0.29) is 23.5 Å². The first kappa shape index (κ1) is 23.9. The van der Waals surface area contributed by atoms with E-state index in [4.69, 9.17) is 5.73 Å². The van der Waals surface area contributed by atoms with Crippen LogP contribution in [0.1, 0.15) is 46.0 Å². The standard InChI is InChI=1S/C29H25N9O/c1-18(34-29(39)27-28(30)35-26-9-6-12-32-38(26)27)22-14-25-24(13-23(22)20-7-4-3-5-8-20)21(16-31-36-25)11-10-19-15-33-37(2)17-19/h3-9,13-18,32H,12,30H2,1-2H3,(H,34,39). The van der Waals surface area contributed by atoms with Crippen molar-refractivity contribution in [3.05, 3.63) is 95.3 Å². The Balaban J connectivity index is 1.41. The van der Waals surface area contributed by atoms with Gasteiger partial charge in [0.2, 0.25) is 0 Å². The molecule has 4 N–H and O–H groups in total. The molecule has 1 atom stereocenters. The molecule has 2 aromatic carbocycles. The highest BCUT2D eigenvalue weighted by Gasteiger charge is 2.25. The molecule has 0 radical (unpaired) electrons. The minimum absolute atomic E-state index is 0.165. The Labute approximate surface area is 224 Å². The van der Waals surface area contributed by atoms with Gasteiger partial charge >= 0.3 is 0 Å². The summed E-state index contributed by atoms with van der Waals surface area (Å²) in [5, 5.41) is 16.7. The normalized spacial score (nSPS) is 12.8. The maximum Gasteiger partial charge on any atom is 0.274 e. The highest BCUT2D eigenvalue weighted by Crippen LogP contribution is 2.33. The van der Waals surface area contributed by atoms with Crippen LogP contribution in [0.3, 0.4) is 0 Å². The van der Waals surface area contributed by atoms with Crippen molar-refractivity contribution >= 4 is 28.7 Å². The number of nitrogens with one attached hydrogen (secondary N) is 2. The molecule has 10 nitrogen and oxygen atoms in total. The second kappa shape index (κ2) is 9.79. The molecule has 0 fully saturated rings. The van der Waals surface area contributed by atoms with E-state index in [0.717, 1.165) is 33.2 Å². The van der Waals surface area contributed by atoms with Crippen LogP contribution in [0, 0.1) is 11.8 Å². The fourth-order valence-electron chi connectivity index (χ4n) is 4.67. The lowest BCUT2D eigenvalue weighted by Crippen LogP contribution is -2.32. The summed E-state index contributed by atoms with van der Waals surface area (Å²) in [5.74, 6) is 6.79. The van der Waals surface area contributed by atoms with Crippen LogP contribution in [0.25, 0.3) is 28.1 Å². The highest BCUT2D eigenvalue weighted by atomic mass is 16.2. The maximum absolute atomic E-state index is 13.4. The maximum atomic E-state index is 13.4. The Morgan fingerprint density at radius 3 is 2.82 bits per heavy atom. The fourth-order valence-corrected chi connectivity index (χ4v) is 4.67. The summed E-state index contributed by atoms with van der Waals surface area (Å²) in [6.07, 6.45) is 9.00. The van der Waals surface area contributed by atoms with Gasteiger partial charge in [-0.2, -0.15) is 15.3 Å². The average molecular weight is 516 g/mol. The lowest BCUT2D eigenvalue weighted by molar-refractivity contribution is 0.0933. The SMILES string of the molecule is CC(NC(=O)c1c(N)nc2n1NCC=C2)c1cc2nncc(C#Cc3cnn(C)c3)c2cc1-c1ccccc1. The molecule has 3 aromatic heterocycles. The van der Waals surface area contributed by atoms with Gasteiger partial charge in [-0.25, -0.2) is 9.66 Å². The molecule has 1 amide bonds. The third-order valence-corrected chi connectivity index (χ3v) is 6.54. The molecule has 1 aliphatic rings. The van der Waals surface area contributed by atoms with Crippen molar-refractivity contribution in [1.29, 1.82) is 0 Å². The van der Waals surface area contributed by atoms with Crippen molar-refractivity contribution < 1.29 is 4.79 Å². The van der Waals surface area contributed by atoms with Crippen molar-refractivity contribution in [2.24, 2.45) is 7.05 Å². The molecular weight excluding hydrogens is 490 g/mol. The molecule has 192 valence electrons. The molecule has 39 heavy (non-hydrogen) atoms. The van der Waals surface area contributed by atoms with Gasteiger partial charge in [-0.15, -0.1) is 0 Å². The summed E-state index contributed by atoms with van der Waals surface area (Å²) >= 11 is 0. The predicted molar refractivity (Wildman–Crippen MR) is 150 cm³/mol. The number of nitrogens with zero attached hydrogens (tertiary/aromatic N) is 6. The van der Waals surface area contributed by atoms with E-state index in [2.05, 4.69) is 48.9 Å². The highest BCUT2D eigenvalue weighted by molar-refractivity contribution is 5.98. The Kier molecular flexibility index (Phi) is 6.01. The van der Waals surface area contributed by atoms with Crippen LogP contribution in [0.5, 0.6) is 0 Å². The smallest absolute Gasteiger partial charge is 0.274 e. The molecule has 4 heterocycles. The Hall–Kier alpha value is -5.43. The number of fused-ring (bicyclic) bond motifs is 2. The first-order valence-corrected chi connectivity index (χ1v) is 12.4. The van der Waals surface area contributed by atoms with E-state index in [1.54, 1.807) is 21.8 Å². The average Bonchev–Trinajstić information content (AvgIpc) is 3.52. The van der Waals surface area contributed by atoms with E-state index < -0.39 is 0 Å². The predicted octanol–water partition coefficient (Wildman–Crippen LogP) is 3.27. The molecule has 0 saturated heterocycles. The number of aryl methyl sites for hydroxylation is 1. The molecule has 10 heteroatoms. The Bertz CT molecular complexity index is 1810. The van der Waals surface area contributed by atoms with E-state index in [1.165, 1.54) is 0 Å². The zero-order valence-electron chi connectivity index (χ0n) is 21.4. The molecule has 1 aliphatic heterocycles. The molecule has 1 unspecified atom stereocenters. The number of hydrogen-bond acceptors (Lipinski definition) is 7. The molecule has 0 saturated carbocycles. The number of aromatic nitrogens is 6. The second-order valence-electron chi connectivity index (χ2n) is 9.23. The number of nitrogens with two attached hydrogens (primary N) is 1. The zero-order valence-corrected chi connectivity index (χ0v) is 21.4. The third kappa shape index (κ3) is 4.57. The van der Waals surface area contributed by atoms with Crippen LogP contribution in [0.4, 0.5) is 5.82 Å². The molecule has 0 aliphatic carbocycles. The quantitative estimate of drug-likeness (QED) is 0.313. The molecule has 0 bridgehead atoms. The Morgan fingerprint density at radius 2 is 2.03 bits per heavy atom. The molecular formula is C29H25N9O. The lowest BCUT2D eigenvalue weighted by Gasteiger charge is -2.21. The summed E-state index contributed by atoms with van der Waals surface area (Å²) in [5.41, 5.74) is 14.6. The minimum atomic E-state index is -0.381. The number of amides is 1. The van der Waals surface area contributed by atoms with Gasteiger partial charge in [0, 0.05) is 25.2 Å². The van der Waals surface area contributed by atoms with Gasteiger partial charge in [0.25, 0.3) is 5.91 Å². The van der Waals surface area contributed by atoms with Crippen molar-refractivity contribution in [3.63, 3.8) is 0 Å². The Morgan fingerprint density at radius 1 is 1.18 bits per heavy atom. The van der Waals surface area contributed by atoms with Gasteiger partial charge in [0.1, 0.15) is 0 Å². The summed E-state index contributed by atoms with van der Waals surface area (Å²) in [7, 11) is 1.85. The number of rotatable bonds is 4. The van der Waals surface area contributed by atoms with Crippen LogP contribution < -0.4 is 16.5 Å². The number of imidazole rings is 1. The summed E-state index contributed by atoms with van der Waals surface area (Å²) in [6.45, 7) is 2.51. The monoisotopic (exact) mass is 515 g/mol. The number of nitrogen functional groups attached to an aromatic ring is 1. The van der Waals surface area contributed by atoms with E-state index in [0.29, 0.717) is 17.9 Å². The first-order chi connectivity index (χ1) is 19.0. The summed E-state index contributed by atoms with van der Waals surface area (Å²) in [4.78, 5) is 17.7. The topological polar surface area (TPSA) is 129 Å². The second-order valence-corrected chi connectivity index (χ2v) is 9.23. The van der Waals surface area contributed by atoms with Gasteiger partial charge in [0.15, 0.2) is 17.3 Å². The van der Waals surface area contributed by atoms with Gasteiger partial charge < -0.3 is 16.5 Å². The van der Waals surface area contributed by atoms with E-state index in [9.17, 15) is 4.79 Å². The van der Waals surface area contributed by atoms with Gasteiger partial charge in [-0.05, 0) is 41.8 Å². The zero-order chi connectivity index (χ0) is 26.9. The number of hydrogen-bond donors (Lipinski definition) is 3. The van der Waals surface area contributed by atoms with Crippen LogP contribution in [0.2, 0.25) is 0 Å². The summed E-state index contributed by atoms with van der Waals surface area (Å²) < 4.78 is 3.33. The van der Waals surface area contributed by atoms with Crippen molar-refractivity contribution in [2.75, 3.05) is 17.7 Å². The van der Waals surface area contributed by atoms with Crippen LogP contribution in [0.15, 0.2) is 67.1 Å². The van der Waals surface area contributed by atoms with E-state index >= 15 is 0 Å². The van der Waals surface area contributed by atoms with Crippen LogP contribution >= 0.6 is 0 Å².